The van der Waals surface area contributed by atoms with Gasteiger partial charge in [0.15, 0.2) is 0 Å². The lowest BCUT2D eigenvalue weighted by Crippen LogP contribution is -2.53. The van der Waals surface area contributed by atoms with Crippen LogP contribution in [-0.4, -0.2) is 74.3 Å². The van der Waals surface area contributed by atoms with Gasteiger partial charge in [-0.1, -0.05) is 18.2 Å². The van der Waals surface area contributed by atoms with Crippen LogP contribution in [0, 0.1) is 0 Å². The maximum absolute atomic E-state index is 11.9. The molecule has 1 amide bonds. The Labute approximate surface area is 156 Å². The van der Waals surface area contributed by atoms with Crippen molar-refractivity contribution in [3.63, 3.8) is 0 Å². The largest absolute Gasteiger partial charge is 0.493 e. The number of hydrogen-bond acceptors (Lipinski definition) is 5. The second kappa shape index (κ2) is 9.90. The van der Waals surface area contributed by atoms with Crippen LogP contribution >= 0.6 is 0 Å². The molecule has 1 aromatic rings. The van der Waals surface area contributed by atoms with Gasteiger partial charge >= 0.3 is 0 Å². The highest BCUT2D eigenvalue weighted by Gasteiger charge is 2.25. The van der Waals surface area contributed by atoms with Gasteiger partial charge in [-0.3, -0.25) is 14.6 Å². The Morgan fingerprint density at radius 3 is 2.85 bits per heavy atom. The van der Waals surface area contributed by atoms with E-state index < -0.39 is 0 Å². The van der Waals surface area contributed by atoms with Gasteiger partial charge in [-0.25, -0.2) is 0 Å². The molecule has 144 valence electrons. The zero-order valence-corrected chi connectivity index (χ0v) is 15.8. The third kappa shape index (κ3) is 5.43. The molecule has 2 aliphatic heterocycles. The summed E-state index contributed by atoms with van der Waals surface area (Å²) < 4.78 is 11.4. The maximum atomic E-state index is 11.9. The van der Waals surface area contributed by atoms with Crippen LogP contribution in [0.5, 0.6) is 5.75 Å². The molecule has 2 aliphatic rings. The summed E-state index contributed by atoms with van der Waals surface area (Å²) in [5.41, 5.74) is 1.15. The highest BCUT2D eigenvalue weighted by Crippen LogP contribution is 2.22. The molecule has 3 rings (SSSR count). The average molecular weight is 361 g/mol. The van der Waals surface area contributed by atoms with Gasteiger partial charge in [0.1, 0.15) is 5.75 Å². The van der Waals surface area contributed by atoms with E-state index in [0.717, 1.165) is 76.7 Å². The standard InChI is InChI=1S/C20H31N3O3/c1-17-20(24)21-8-10-23(17)16-18-6-2-3-7-19(18)26-13-5-4-9-22-11-14-25-15-12-22/h2-3,6-7,17H,4-5,8-16H2,1H3,(H,21,24). The number of carbonyl (C=O) groups excluding carboxylic acids is 1. The number of nitrogens with zero attached hydrogens (tertiary/aromatic N) is 2. The van der Waals surface area contributed by atoms with E-state index in [2.05, 4.69) is 21.2 Å². The van der Waals surface area contributed by atoms with E-state index in [-0.39, 0.29) is 11.9 Å². The predicted octanol–water partition coefficient (Wildman–Crippen LogP) is 1.50. The fourth-order valence-electron chi connectivity index (χ4n) is 3.48. The van der Waals surface area contributed by atoms with Crippen molar-refractivity contribution in [2.45, 2.75) is 32.4 Å². The Hall–Kier alpha value is -1.63. The number of unbranched alkanes of at least 4 members (excludes halogenated alkanes) is 1. The molecule has 2 saturated heterocycles. The van der Waals surface area contributed by atoms with Crippen molar-refractivity contribution in [2.24, 2.45) is 0 Å². The van der Waals surface area contributed by atoms with Gasteiger partial charge in [0.2, 0.25) is 5.91 Å². The van der Waals surface area contributed by atoms with E-state index >= 15 is 0 Å². The summed E-state index contributed by atoms with van der Waals surface area (Å²) >= 11 is 0. The Balaban J connectivity index is 1.44. The van der Waals surface area contributed by atoms with Crippen molar-refractivity contribution in [1.82, 2.24) is 15.1 Å². The molecule has 0 saturated carbocycles. The van der Waals surface area contributed by atoms with E-state index in [9.17, 15) is 4.79 Å². The molecule has 6 heteroatoms. The van der Waals surface area contributed by atoms with Crippen LogP contribution in [0.4, 0.5) is 0 Å². The van der Waals surface area contributed by atoms with Crippen LogP contribution in [0.3, 0.4) is 0 Å². The first-order chi connectivity index (χ1) is 12.7. The van der Waals surface area contributed by atoms with E-state index in [4.69, 9.17) is 9.47 Å². The van der Waals surface area contributed by atoms with Crippen molar-refractivity contribution in [3.8, 4) is 5.75 Å². The zero-order valence-electron chi connectivity index (χ0n) is 15.8. The minimum atomic E-state index is -0.0923. The molecule has 1 N–H and O–H groups in total. The van der Waals surface area contributed by atoms with Gasteiger partial charge < -0.3 is 14.8 Å². The van der Waals surface area contributed by atoms with Gasteiger partial charge in [-0.05, 0) is 32.4 Å². The zero-order chi connectivity index (χ0) is 18.2. The first-order valence-electron chi connectivity index (χ1n) is 9.76. The number of hydrogen-bond donors (Lipinski definition) is 1. The topological polar surface area (TPSA) is 54.0 Å². The highest BCUT2D eigenvalue weighted by atomic mass is 16.5. The third-order valence-electron chi connectivity index (χ3n) is 5.20. The average Bonchev–Trinajstić information content (AvgIpc) is 2.67. The molecule has 0 aromatic heterocycles. The Bertz CT molecular complexity index is 575. The maximum Gasteiger partial charge on any atom is 0.237 e. The van der Waals surface area contributed by atoms with Crippen molar-refractivity contribution in [3.05, 3.63) is 29.8 Å². The summed E-state index contributed by atoms with van der Waals surface area (Å²) in [6.07, 6.45) is 2.19. The van der Waals surface area contributed by atoms with Crippen LogP contribution in [0.25, 0.3) is 0 Å². The highest BCUT2D eigenvalue weighted by molar-refractivity contribution is 5.82. The van der Waals surface area contributed by atoms with Gasteiger partial charge in [-0.2, -0.15) is 0 Å². The van der Waals surface area contributed by atoms with Gasteiger partial charge in [-0.15, -0.1) is 0 Å². The molecule has 1 unspecified atom stereocenters. The summed E-state index contributed by atoms with van der Waals surface area (Å²) in [5.74, 6) is 1.05. The molecule has 0 spiro atoms. The second-order valence-electron chi connectivity index (χ2n) is 7.05. The van der Waals surface area contributed by atoms with Crippen molar-refractivity contribution in [1.29, 1.82) is 0 Å². The van der Waals surface area contributed by atoms with E-state index in [1.807, 2.05) is 25.1 Å². The number of piperazine rings is 1. The number of carbonyl (C=O) groups is 1. The summed E-state index contributed by atoms with van der Waals surface area (Å²) in [6, 6.07) is 8.09. The molecule has 26 heavy (non-hydrogen) atoms. The summed E-state index contributed by atoms with van der Waals surface area (Å²) in [5, 5.41) is 2.91. The Kier molecular flexibility index (Phi) is 7.29. The van der Waals surface area contributed by atoms with Gasteiger partial charge in [0, 0.05) is 38.3 Å². The molecule has 1 atom stereocenters. The van der Waals surface area contributed by atoms with E-state index in [1.54, 1.807) is 0 Å². The second-order valence-corrected chi connectivity index (χ2v) is 7.05. The van der Waals surface area contributed by atoms with Crippen LogP contribution in [0.1, 0.15) is 25.3 Å². The minimum absolute atomic E-state index is 0.0923. The predicted molar refractivity (Wildman–Crippen MR) is 101 cm³/mol. The fraction of sp³-hybridized carbons (Fsp3) is 0.650. The summed E-state index contributed by atoms with van der Waals surface area (Å²) in [7, 11) is 0. The molecule has 2 fully saturated rings. The molecule has 6 nitrogen and oxygen atoms in total. The Morgan fingerprint density at radius 2 is 2.00 bits per heavy atom. The number of ether oxygens (including phenoxy) is 2. The molecular formula is C20H31N3O3. The lowest BCUT2D eigenvalue weighted by atomic mass is 10.1. The quantitative estimate of drug-likeness (QED) is 0.711. The molecule has 0 radical (unpaired) electrons. The van der Waals surface area contributed by atoms with Crippen molar-refractivity contribution in [2.75, 3.05) is 52.5 Å². The first-order valence-corrected chi connectivity index (χ1v) is 9.76. The first kappa shape index (κ1) is 19.1. The lowest BCUT2D eigenvalue weighted by molar-refractivity contribution is -0.128. The smallest absolute Gasteiger partial charge is 0.237 e. The summed E-state index contributed by atoms with van der Waals surface area (Å²) in [4.78, 5) is 16.5. The van der Waals surface area contributed by atoms with Crippen LogP contribution in [0.2, 0.25) is 0 Å². The lowest BCUT2D eigenvalue weighted by Gasteiger charge is -2.33. The van der Waals surface area contributed by atoms with E-state index in [0.29, 0.717) is 6.54 Å². The number of para-hydroxylation sites is 1. The molecule has 0 bridgehead atoms. The number of benzene rings is 1. The van der Waals surface area contributed by atoms with E-state index in [1.165, 1.54) is 0 Å². The molecule has 1 aromatic carbocycles. The monoisotopic (exact) mass is 361 g/mol. The van der Waals surface area contributed by atoms with Gasteiger partial charge in [0.25, 0.3) is 0 Å². The normalized spacial score (nSPS) is 22.2. The number of rotatable bonds is 8. The molecule has 0 aliphatic carbocycles. The SMILES string of the molecule is CC1C(=O)NCCN1Cc1ccccc1OCCCCN1CCOCC1. The molecular weight excluding hydrogens is 330 g/mol. The fourth-order valence-corrected chi connectivity index (χ4v) is 3.48. The Morgan fingerprint density at radius 1 is 1.19 bits per heavy atom. The third-order valence-corrected chi connectivity index (χ3v) is 5.20. The summed E-state index contributed by atoms with van der Waals surface area (Å²) in [6.45, 7) is 9.97. The van der Waals surface area contributed by atoms with Crippen LogP contribution in [0.15, 0.2) is 24.3 Å². The number of amides is 1. The van der Waals surface area contributed by atoms with Crippen LogP contribution in [-0.2, 0) is 16.1 Å². The van der Waals surface area contributed by atoms with Crippen LogP contribution < -0.4 is 10.1 Å². The molecule has 2 heterocycles. The van der Waals surface area contributed by atoms with Crippen molar-refractivity contribution >= 4 is 5.91 Å². The van der Waals surface area contributed by atoms with Crippen molar-refractivity contribution < 1.29 is 14.3 Å². The van der Waals surface area contributed by atoms with Gasteiger partial charge in [0.05, 0.1) is 25.9 Å². The number of nitrogens with one attached hydrogen (secondary N) is 1. The minimum Gasteiger partial charge on any atom is -0.493 e. The number of morpholine rings is 1.